The van der Waals surface area contributed by atoms with Crippen molar-refractivity contribution >= 4 is 17.8 Å². The first kappa shape index (κ1) is 18.9. The minimum absolute atomic E-state index is 0.0251. The molecule has 8 heteroatoms. The molecule has 2 aromatic rings. The molecule has 0 aliphatic carbocycles. The standard InChI is InChI=1S/C19H26N6O2/c1-13(2)16-10-17(24(3)23-16)22-19(27)25(11-14-6-8-20-9-7-14)12-15-4-5-18(26)21-15/h6-10,13,15H,4-5,11-12H2,1-3H3,(H,21,26)(H,22,27)/t15-/m0/s1. The van der Waals surface area contributed by atoms with E-state index in [9.17, 15) is 9.59 Å². The highest BCUT2D eigenvalue weighted by Gasteiger charge is 2.26. The number of aryl methyl sites for hydroxylation is 1. The zero-order chi connectivity index (χ0) is 19.4. The molecule has 3 heterocycles. The topological polar surface area (TPSA) is 92.1 Å². The summed E-state index contributed by atoms with van der Waals surface area (Å²) < 4.78 is 1.68. The summed E-state index contributed by atoms with van der Waals surface area (Å²) in [6, 6.07) is 5.42. The molecule has 1 fully saturated rings. The third kappa shape index (κ3) is 4.84. The van der Waals surface area contributed by atoms with E-state index in [4.69, 9.17) is 0 Å². The fourth-order valence-electron chi connectivity index (χ4n) is 3.09. The maximum Gasteiger partial charge on any atom is 0.323 e. The van der Waals surface area contributed by atoms with E-state index in [1.165, 1.54) is 0 Å². The van der Waals surface area contributed by atoms with Gasteiger partial charge in [-0.2, -0.15) is 5.10 Å². The molecule has 1 aliphatic rings. The van der Waals surface area contributed by atoms with E-state index in [0.717, 1.165) is 17.7 Å². The maximum absolute atomic E-state index is 13.0. The Kier molecular flexibility index (Phi) is 5.73. The number of aromatic nitrogens is 3. The zero-order valence-electron chi connectivity index (χ0n) is 16.0. The van der Waals surface area contributed by atoms with Gasteiger partial charge in [0.05, 0.1) is 5.69 Å². The number of amides is 3. The smallest absolute Gasteiger partial charge is 0.323 e. The third-order valence-electron chi connectivity index (χ3n) is 4.66. The molecule has 0 bridgehead atoms. The number of urea groups is 1. The van der Waals surface area contributed by atoms with Gasteiger partial charge in [-0.25, -0.2) is 4.79 Å². The van der Waals surface area contributed by atoms with Gasteiger partial charge in [0.2, 0.25) is 5.91 Å². The largest absolute Gasteiger partial charge is 0.352 e. The highest BCUT2D eigenvalue weighted by Crippen LogP contribution is 2.18. The van der Waals surface area contributed by atoms with E-state index in [-0.39, 0.29) is 23.9 Å². The maximum atomic E-state index is 13.0. The lowest BCUT2D eigenvalue weighted by molar-refractivity contribution is -0.119. The first-order valence-electron chi connectivity index (χ1n) is 9.20. The second kappa shape index (κ2) is 8.20. The first-order chi connectivity index (χ1) is 12.9. The summed E-state index contributed by atoms with van der Waals surface area (Å²) in [6.07, 6.45) is 4.66. The molecule has 2 aromatic heterocycles. The fourth-order valence-corrected chi connectivity index (χ4v) is 3.09. The molecule has 0 spiro atoms. The zero-order valence-corrected chi connectivity index (χ0v) is 16.0. The number of pyridine rings is 1. The predicted octanol–water partition coefficient (Wildman–Crippen LogP) is 2.25. The second-order valence-electron chi connectivity index (χ2n) is 7.20. The SMILES string of the molecule is CC(C)c1cc(NC(=O)N(Cc2ccncc2)C[C@@H]2CCC(=O)N2)n(C)n1. The third-order valence-corrected chi connectivity index (χ3v) is 4.66. The molecule has 27 heavy (non-hydrogen) atoms. The number of hydrogen-bond acceptors (Lipinski definition) is 4. The van der Waals surface area contributed by atoms with Gasteiger partial charge < -0.3 is 10.2 Å². The average Bonchev–Trinajstić information content (AvgIpc) is 3.21. The van der Waals surface area contributed by atoms with E-state index in [0.29, 0.717) is 25.3 Å². The lowest BCUT2D eigenvalue weighted by Crippen LogP contribution is -2.43. The van der Waals surface area contributed by atoms with Crippen LogP contribution in [0.25, 0.3) is 0 Å². The molecule has 2 N–H and O–H groups in total. The van der Waals surface area contributed by atoms with Gasteiger partial charge in [0.15, 0.2) is 0 Å². The molecule has 0 unspecified atom stereocenters. The van der Waals surface area contributed by atoms with Crippen LogP contribution in [0.1, 0.15) is 43.9 Å². The fraction of sp³-hybridized carbons (Fsp3) is 0.474. The Hall–Kier alpha value is -2.90. The molecule has 1 saturated heterocycles. The molecule has 0 radical (unpaired) electrons. The van der Waals surface area contributed by atoms with Crippen LogP contribution in [0, 0.1) is 0 Å². The number of carbonyl (C=O) groups excluding carboxylic acids is 2. The summed E-state index contributed by atoms with van der Waals surface area (Å²) in [5.41, 5.74) is 1.91. The molecule has 0 saturated carbocycles. The normalized spacial score (nSPS) is 16.4. The van der Waals surface area contributed by atoms with Gasteiger partial charge >= 0.3 is 6.03 Å². The minimum atomic E-state index is -0.216. The first-order valence-corrected chi connectivity index (χ1v) is 9.20. The Bertz CT molecular complexity index is 802. The van der Waals surface area contributed by atoms with Gasteiger partial charge in [0.1, 0.15) is 5.82 Å². The van der Waals surface area contributed by atoms with Crippen molar-refractivity contribution in [2.24, 2.45) is 7.05 Å². The van der Waals surface area contributed by atoms with Crippen LogP contribution in [0.5, 0.6) is 0 Å². The van der Waals surface area contributed by atoms with Gasteiger partial charge in [0, 0.05) is 51.1 Å². The lowest BCUT2D eigenvalue weighted by atomic mass is 10.1. The number of carbonyl (C=O) groups is 2. The highest BCUT2D eigenvalue weighted by molar-refractivity contribution is 5.88. The van der Waals surface area contributed by atoms with Crippen molar-refractivity contribution in [3.8, 4) is 0 Å². The molecule has 144 valence electrons. The number of hydrogen-bond donors (Lipinski definition) is 2. The van der Waals surface area contributed by atoms with Crippen LogP contribution in [0.4, 0.5) is 10.6 Å². The van der Waals surface area contributed by atoms with Crippen molar-refractivity contribution in [1.29, 1.82) is 0 Å². The van der Waals surface area contributed by atoms with Crippen molar-refractivity contribution < 1.29 is 9.59 Å². The van der Waals surface area contributed by atoms with Gasteiger partial charge in [0.25, 0.3) is 0 Å². The summed E-state index contributed by atoms with van der Waals surface area (Å²) in [7, 11) is 1.81. The molecule has 0 aromatic carbocycles. The minimum Gasteiger partial charge on any atom is -0.352 e. The molecule has 8 nitrogen and oxygen atoms in total. The van der Waals surface area contributed by atoms with Gasteiger partial charge in [-0.3, -0.25) is 19.8 Å². The van der Waals surface area contributed by atoms with E-state index in [2.05, 4.69) is 34.6 Å². The van der Waals surface area contributed by atoms with Crippen LogP contribution in [0.2, 0.25) is 0 Å². The molecule has 3 amide bonds. The molecular formula is C19H26N6O2. The van der Waals surface area contributed by atoms with E-state index >= 15 is 0 Å². The molecule has 3 rings (SSSR count). The Labute approximate surface area is 159 Å². The summed E-state index contributed by atoms with van der Waals surface area (Å²) >= 11 is 0. The summed E-state index contributed by atoms with van der Waals surface area (Å²) in [4.78, 5) is 30.2. The van der Waals surface area contributed by atoms with Crippen molar-refractivity contribution in [3.63, 3.8) is 0 Å². The van der Waals surface area contributed by atoms with Crippen LogP contribution < -0.4 is 10.6 Å². The Morgan fingerprint density at radius 1 is 1.41 bits per heavy atom. The van der Waals surface area contributed by atoms with Crippen LogP contribution in [0.3, 0.4) is 0 Å². The van der Waals surface area contributed by atoms with E-state index in [1.54, 1.807) is 22.0 Å². The highest BCUT2D eigenvalue weighted by atomic mass is 16.2. The summed E-state index contributed by atoms with van der Waals surface area (Å²) in [5, 5.41) is 10.3. The number of nitrogens with zero attached hydrogens (tertiary/aromatic N) is 4. The predicted molar refractivity (Wildman–Crippen MR) is 102 cm³/mol. The number of anilines is 1. The molecular weight excluding hydrogens is 344 g/mol. The van der Waals surface area contributed by atoms with E-state index < -0.39 is 0 Å². The summed E-state index contributed by atoms with van der Waals surface area (Å²) in [6.45, 7) is 5.02. The Morgan fingerprint density at radius 2 is 2.15 bits per heavy atom. The van der Waals surface area contributed by atoms with Crippen molar-refractivity contribution in [2.45, 2.75) is 45.2 Å². The molecule has 1 aliphatic heterocycles. The van der Waals surface area contributed by atoms with Gasteiger partial charge in [-0.1, -0.05) is 13.8 Å². The second-order valence-corrected chi connectivity index (χ2v) is 7.20. The Morgan fingerprint density at radius 3 is 2.74 bits per heavy atom. The van der Waals surface area contributed by atoms with Crippen LogP contribution in [-0.2, 0) is 18.4 Å². The monoisotopic (exact) mass is 370 g/mol. The van der Waals surface area contributed by atoms with Crippen molar-refractivity contribution in [3.05, 3.63) is 41.9 Å². The molecule has 1 atom stereocenters. The average molecular weight is 370 g/mol. The number of nitrogens with one attached hydrogen (secondary N) is 2. The van der Waals surface area contributed by atoms with Gasteiger partial charge in [-0.15, -0.1) is 0 Å². The van der Waals surface area contributed by atoms with Crippen LogP contribution in [0.15, 0.2) is 30.6 Å². The van der Waals surface area contributed by atoms with Crippen molar-refractivity contribution in [2.75, 3.05) is 11.9 Å². The lowest BCUT2D eigenvalue weighted by Gasteiger charge is -2.26. The van der Waals surface area contributed by atoms with Crippen molar-refractivity contribution in [1.82, 2.24) is 25.0 Å². The van der Waals surface area contributed by atoms with Crippen LogP contribution in [-0.4, -0.2) is 44.2 Å². The van der Waals surface area contributed by atoms with Crippen LogP contribution >= 0.6 is 0 Å². The van der Waals surface area contributed by atoms with E-state index in [1.807, 2.05) is 25.2 Å². The Balaban J connectivity index is 1.74. The quantitative estimate of drug-likeness (QED) is 0.816. The summed E-state index contributed by atoms with van der Waals surface area (Å²) in [5.74, 6) is 0.972. The number of rotatable bonds is 6. The van der Waals surface area contributed by atoms with Gasteiger partial charge in [-0.05, 0) is 30.0 Å².